The maximum absolute atomic E-state index is 11.5. The molecule has 1 atom stereocenters. The molecule has 4 nitrogen and oxygen atoms in total. The number of likely N-dealkylation sites (tertiary alicyclic amines) is 1. The Hall–Kier alpha value is -1.20. The first kappa shape index (κ1) is 16.2. The molecule has 1 aromatic carbocycles. The van der Waals surface area contributed by atoms with Crippen LogP contribution in [0.15, 0.2) is 24.3 Å². The van der Waals surface area contributed by atoms with Crippen molar-refractivity contribution < 1.29 is 9.53 Å². The van der Waals surface area contributed by atoms with Gasteiger partial charge in [0.15, 0.2) is 0 Å². The highest BCUT2D eigenvalue weighted by molar-refractivity contribution is 7.99. The summed E-state index contributed by atoms with van der Waals surface area (Å²) >= 11 is 1.51. The van der Waals surface area contributed by atoms with Gasteiger partial charge in [-0.1, -0.05) is 6.92 Å². The predicted octanol–water partition coefficient (Wildman–Crippen LogP) is 2.71. The molecule has 0 unspecified atom stereocenters. The van der Waals surface area contributed by atoms with E-state index in [4.69, 9.17) is 4.74 Å². The summed E-state index contributed by atoms with van der Waals surface area (Å²) < 4.78 is 5.75. The van der Waals surface area contributed by atoms with Crippen LogP contribution in [0.3, 0.4) is 0 Å². The molecule has 1 aliphatic rings. The van der Waals surface area contributed by atoms with E-state index in [9.17, 15) is 4.79 Å². The van der Waals surface area contributed by atoms with E-state index in [1.54, 1.807) is 0 Å². The molecule has 0 saturated carbocycles. The highest BCUT2D eigenvalue weighted by atomic mass is 32.2. The molecule has 1 fully saturated rings. The minimum absolute atomic E-state index is 0.0271. The molecule has 1 heterocycles. The second-order valence-corrected chi connectivity index (χ2v) is 6.41. The number of amides is 1. The third-order valence-corrected chi connectivity index (χ3v) is 4.15. The van der Waals surface area contributed by atoms with Crippen LogP contribution in [0.25, 0.3) is 0 Å². The molecule has 1 aromatic rings. The van der Waals surface area contributed by atoms with Crippen molar-refractivity contribution in [3.63, 3.8) is 0 Å². The minimum Gasteiger partial charge on any atom is -0.492 e. The minimum atomic E-state index is 0.0271. The summed E-state index contributed by atoms with van der Waals surface area (Å²) in [4.78, 5) is 13.9. The molecule has 116 valence electrons. The number of benzene rings is 1. The molecule has 2 rings (SSSR count). The molecule has 0 spiro atoms. The van der Waals surface area contributed by atoms with Crippen LogP contribution in [-0.2, 0) is 4.79 Å². The van der Waals surface area contributed by atoms with Gasteiger partial charge in [0.25, 0.3) is 0 Å². The fourth-order valence-electron chi connectivity index (χ4n) is 2.48. The number of nitrogens with zero attached hydrogens (tertiary/aromatic N) is 1. The van der Waals surface area contributed by atoms with Crippen LogP contribution in [0.2, 0.25) is 0 Å². The zero-order chi connectivity index (χ0) is 15.1. The summed E-state index contributed by atoms with van der Waals surface area (Å²) in [5.41, 5.74) is 0.815. The lowest BCUT2D eigenvalue weighted by Gasteiger charge is -2.15. The molecular weight excluding hydrogens is 284 g/mol. The average Bonchev–Trinajstić information content (AvgIpc) is 2.87. The Bertz CT molecular complexity index is 450. The first-order chi connectivity index (χ1) is 10.2. The third-order valence-electron chi connectivity index (χ3n) is 3.60. The first-order valence-corrected chi connectivity index (χ1v) is 8.81. The van der Waals surface area contributed by atoms with E-state index in [1.807, 2.05) is 30.5 Å². The number of anilines is 1. The Labute approximate surface area is 131 Å². The van der Waals surface area contributed by atoms with Crippen LogP contribution < -0.4 is 10.1 Å². The summed E-state index contributed by atoms with van der Waals surface area (Å²) in [5.74, 6) is 2.17. The number of carbonyl (C=O) groups excluding carboxylic acids is 1. The van der Waals surface area contributed by atoms with Crippen molar-refractivity contribution in [2.24, 2.45) is 5.92 Å². The van der Waals surface area contributed by atoms with E-state index in [-0.39, 0.29) is 5.91 Å². The second-order valence-electron chi connectivity index (χ2n) is 5.55. The fraction of sp³-hybridized carbons (Fsp3) is 0.562. The van der Waals surface area contributed by atoms with Gasteiger partial charge in [-0.15, -0.1) is 0 Å². The quantitative estimate of drug-likeness (QED) is 0.841. The number of thioether (sulfide) groups is 1. The van der Waals surface area contributed by atoms with Crippen molar-refractivity contribution in [3.05, 3.63) is 24.3 Å². The Morgan fingerprint density at radius 1 is 1.43 bits per heavy atom. The average molecular weight is 308 g/mol. The van der Waals surface area contributed by atoms with Crippen LogP contribution >= 0.6 is 11.8 Å². The Balaban J connectivity index is 1.71. The number of carbonyl (C=O) groups is 1. The lowest BCUT2D eigenvalue weighted by atomic mass is 10.2. The van der Waals surface area contributed by atoms with Gasteiger partial charge in [-0.25, -0.2) is 0 Å². The van der Waals surface area contributed by atoms with E-state index in [1.165, 1.54) is 31.3 Å². The maximum Gasteiger partial charge on any atom is 0.234 e. The summed E-state index contributed by atoms with van der Waals surface area (Å²) in [6.07, 6.45) is 3.21. The summed E-state index contributed by atoms with van der Waals surface area (Å²) in [7, 11) is 0. The van der Waals surface area contributed by atoms with Crippen molar-refractivity contribution in [1.29, 1.82) is 0 Å². The molecule has 0 radical (unpaired) electrons. The number of hydrogen-bond acceptors (Lipinski definition) is 4. The molecule has 1 aliphatic heterocycles. The van der Waals surface area contributed by atoms with Gasteiger partial charge in [0, 0.05) is 18.8 Å². The smallest absolute Gasteiger partial charge is 0.234 e. The van der Waals surface area contributed by atoms with Gasteiger partial charge in [0.2, 0.25) is 5.91 Å². The summed E-state index contributed by atoms with van der Waals surface area (Å²) in [5, 5.41) is 2.85. The molecule has 1 N–H and O–H groups in total. The van der Waals surface area contributed by atoms with Crippen LogP contribution in [0.1, 0.15) is 13.3 Å². The van der Waals surface area contributed by atoms with Gasteiger partial charge < -0.3 is 10.1 Å². The van der Waals surface area contributed by atoms with E-state index in [0.29, 0.717) is 12.4 Å². The lowest BCUT2D eigenvalue weighted by molar-refractivity contribution is -0.113. The molecule has 1 saturated heterocycles. The molecule has 1 amide bonds. The SMILES string of the molecule is CSCC(=O)Nc1ccc(OCCN2CC[C@@H](C)C2)cc1. The molecule has 0 aliphatic carbocycles. The molecule has 0 bridgehead atoms. The van der Waals surface area contributed by atoms with Gasteiger partial charge >= 0.3 is 0 Å². The molecule has 0 aromatic heterocycles. The number of ether oxygens (including phenoxy) is 1. The van der Waals surface area contributed by atoms with E-state index in [0.717, 1.165) is 23.9 Å². The highest BCUT2D eigenvalue weighted by Crippen LogP contribution is 2.17. The topological polar surface area (TPSA) is 41.6 Å². The predicted molar refractivity (Wildman–Crippen MR) is 89.2 cm³/mol. The van der Waals surface area contributed by atoms with Crippen LogP contribution in [0.5, 0.6) is 5.75 Å². The summed E-state index contributed by atoms with van der Waals surface area (Å²) in [6, 6.07) is 7.57. The maximum atomic E-state index is 11.5. The van der Waals surface area contributed by atoms with E-state index < -0.39 is 0 Å². The Morgan fingerprint density at radius 2 is 2.19 bits per heavy atom. The zero-order valence-electron chi connectivity index (χ0n) is 12.8. The largest absolute Gasteiger partial charge is 0.492 e. The van der Waals surface area contributed by atoms with Gasteiger partial charge in [0.05, 0.1) is 5.75 Å². The third kappa shape index (κ3) is 5.59. The standard InChI is InChI=1S/C16H24N2O2S/c1-13-7-8-18(11-13)9-10-20-15-5-3-14(4-6-15)17-16(19)12-21-2/h3-6,13H,7-12H2,1-2H3,(H,17,19)/t13-/m1/s1. The molecule has 5 heteroatoms. The van der Waals surface area contributed by atoms with Gasteiger partial charge in [-0.05, 0) is 49.4 Å². The normalized spacial score (nSPS) is 18.7. The second kappa shape index (κ2) is 8.29. The fourth-order valence-corrected chi connectivity index (χ4v) is 2.82. The molecule has 21 heavy (non-hydrogen) atoms. The van der Waals surface area contributed by atoms with Crippen molar-refractivity contribution in [1.82, 2.24) is 4.90 Å². The highest BCUT2D eigenvalue weighted by Gasteiger charge is 2.17. The monoisotopic (exact) mass is 308 g/mol. The van der Waals surface area contributed by atoms with Crippen molar-refractivity contribution in [3.8, 4) is 5.75 Å². The van der Waals surface area contributed by atoms with Crippen molar-refractivity contribution in [2.45, 2.75) is 13.3 Å². The van der Waals surface area contributed by atoms with Gasteiger partial charge in [-0.3, -0.25) is 9.69 Å². The van der Waals surface area contributed by atoms with Crippen LogP contribution in [0.4, 0.5) is 5.69 Å². The Morgan fingerprint density at radius 3 is 2.81 bits per heavy atom. The zero-order valence-corrected chi connectivity index (χ0v) is 13.6. The number of nitrogens with one attached hydrogen (secondary N) is 1. The van der Waals surface area contributed by atoms with Crippen LogP contribution in [-0.4, -0.2) is 49.1 Å². The number of hydrogen-bond donors (Lipinski definition) is 1. The van der Waals surface area contributed by atoms with E-state index in [2.05, 4.69) is 17.1 Å². The summed E-state index contributed by atoms with van der Waals surface area (Å²) in [6.45, 7) is 6.36. The van der Waals surface area contributed by atoms with Gasteiger partial charge in [-0.2, -0.15) is 11.8 Å². The molecular formula is C16H24N2O2S. The van der Waals surface area contributed by atoms with Gasteiger partial charge in [0.1, 0.15) is 12.4 Å². The number of rotatable bonds is 7. The van der Waals surface area contributed by atoms with Crippen LogP contribution in [0, 0.1) is 5.92 Å². The first-order valence-electron chi connectivity index (χ1n) is 7.41. The van der Waals surface area contributed by atoms with E-state index >= 15 is 0 Å². The van der Waals surface area contributed by atoms with Crippen molar-refractivity contribution >= 4 is 23.4 Å². The van der Waals surface area contributed by atoms with Crippen molar-refractivity contribution in [2.75, 3.05) is 43.6 Å². The lowest BCUT2D eigenvalue weighted by Crippen LogP contribution is -2.25. The Kier molecular flexibility index (Phi) is 6.39.